The molecule has 0 bridgehead atoms. The number of aromatic amines is 2. The molecule has 32 heavy (non-hydrogen) atoms. The summed E-state index contributed by atoms with van der Waals surface area (Å²) < 4.78 is 0. The number of hydrogen-bond donors (Lipinski definition) is 5. The fraction of sp³-hybridized carbons (Fsp3) is 0.167. The molecule has 0 unspecified atom stereocenters. The van der Waals surface area contributed by atoms with Gasteiger partial charge in [0.1, 0.15) is 24.1 Å². The maximum absolute atomic E-state index is 9.71. The van der Waals surface area contributed by atoms with Gasteiger partial charge >= 0.3 is 0 Å². The molecular formula is C24H24N6O2. The third-order valence-electron chi connectivity index (χ3n) is 5.53. The van der Waals surface area contributed by atoms with Crippen molar-refractivity contribution in [3.63, 3.8) is 0 Å². The summed E-state index contributed by atoms with van der Waals surface area (Å²) in [6.07, 6.45) is 0. The normalized spacial score (nSPS) is 11.4. The fourth-order valence-corrected chi connectivity index (χ4v) is 3.77. The van der Waals surface area contributed by atoms with E-state index in [0.29, 0.717) is 6.54 Å². The number of likely N-dealkylation sites (N-methyl/N-ethyl adjacent to an activating group) is 1. The lowest BCUT2D eigenvalue weighted by Gasteiger charge is -2.21. The van der Waals surface area contributed by atoms with Crippen LogP contribution < -0.4 is 10.2 Å². The van der Waals surface area contributed by atoms with Gasteiger partial charge in [-0.1, -0.05) is 0 Å². The highest BCUT2D eigenvalue weighted by atomic mass is 16.3. The molecule has 5 rings (SSSR count). The molecule has 0 radical (unpaired) electrons. The van der Waals surface area contributed by atoms with Crippen LogP contribution >= 0.6 is 0 Å². The summed E-state index contributed by atoms with van der Waals surface area (Å²) in [5.41, 5.74) is 6.34. The lowest BCUT2D eigenvalue weighted by molar-refractivity contribution is 0.291. The second-order valence-corrected chi connectivity index (χ2v) is 7.66. The standard InChI is InChI=1S/C24H24N6O2/c1-25-10-11-30(14-31)17-5-9-20-22(13-17)29-24(27-20)16-4-8-19-21(12-16)28-23(26-19)15-2-6-18(32)7-3-15/h2-9,12-13,25,31-32H,10-11,14H2,1H3,(H,26,28)(H,27,29). The Morgan fingerprint density at radius 2 is 1.47 bits per heavy atom. The van der Waals surface area contributed by atoms with Gasteiger partial charge in [0.2, 0.25) is 0 Å². The van der Waals surface area contributed by atoms with Crippen LogP contribution in [0.3, 0.4) is 0 Å². The van der Waals surface area contributed by atoms with Crippen LogP contribution in [0.25, 0.3) is 44.8 Å². The first-order valence-electron chi connectivity index (χ1n) is 10.4. The maximum atomic E-state index is 9.71. The van der Waals surface area contributed by atoms with E-state index < -0.39 is 0 Å². The van der Waals surface area contributed by atoms with Crippen LogP contribution in [0.4, 0.5) is 5.69 Å². The zero-order valence-corrected chi connectivity index (χ0v) is 17.6. The average Bonchev–Trinajstić information content (AvgIpc) is 3.43. The molecule has 0 saturated heterocycles. The van der Waals surface area contributed by atoms with E-state index in [1.54, 1.807) is 12.1 Å². The van der Waals surface area contributed by atoms with Crippen molar-refractivity contribution in [3.05, 3.63) is 60.7 Å². The number of nitrogens with zero attached hydrogens (tertiary/aromatic N) is 3. The number of anilines is 1. The van der Waals surface area contributed by atoms with E-state index in [-0.39, 0.29) is 12.5 Å². The molecule has 162 valence electrons. The number of aliphatic hydroxyl groups is 1. The lowest BCUT2D eigenvalue weighted by atomic mass is 10.2. The molecule has 0 aliphatic heterocycles. The van der Waals surface area contributed by atoms with Crippen LogP contribution in [0.5, 0.6) is 5.75 Å². The highest BCUT2D eigenvalue weighted by Gasteiger charge is 2.12. The Labute approximate surface area is 184 Å². The molecule has 0 aliphatic rings. The van der Waals surface area contributed by atoms with Crippen LogP contribution in [0.1, 0.15) is 0 Å². The molecule has 0 amide bonds. The molecule has 0 spiro atoms. The van der Waals surface area contributed by atoms with Crippen LogP contribution in [0.2, 0.25) is 0 Å². The second-order valence-electron chi connectivity index (χ2n) is 7.66. The largest absolute Gasteiger partial charge is 0.508 e. The minimum Gasteiger partial charge on any atom is -0.508 e. The Morgan fingerprint density at radius 1 is 0.844 bits per heavy atom. The van der Waals surface area contributed by atoms with E-state index in [2.05, 4.69) is 20.3 Å². The van der Waals surface area contributed by atoms with E-state index in [1.807, 2.05) is 60.5 Å². The Kier molecular flexibility index (Phi) is 5.22. The molecule has 8 nitrogen and oxygen atoms in total. The van der Waals surface area contributed by atoms with Crippen molar-refractivity contribution in [3.8, 4) is 28.5 Å². The number of H-pyrrole nitrogens is 2. The molecule has 0 saturated carbocycles. The zero-order valence-electron chi connectivity index (χ0n) is 17.6. The quantitative estimate of drug-likeness (QED) is 0.254. The number of phenolic OH excluding ortho intramolecular Hbond substituents is 1. The number of nitrogens with one attached hydrogen (secondary N) is 3. The number of phenols is 1. The number of rotatable bonds is 7. The van der Waals surface area contributed by atoms with E-state index in [4.69, 9.17) is 4.98 Å². The van der Waals surface area contributed by atoms with Crippen molar-refractivity contribution in [1.29, 1.82) is 0 Å². The summed E-state index contributed by atoms with van der Waals surface area (Å²) in [4.78, 5) is 18.0. The van der Waals surface area contributed by atoms with Crippen LogP contribution in [-0.2, 0) is 0 Å². The van der Waals surface area contributed by atoms with E-state index in [1.165, 1.54) is 0 Å². The minimum absolute atomic E-state index is 0.0476. The minimum atomic E-state index is -0.0476. The summed E-state index contributed by atoms with van der Waals surface area (Å²) in [7, 11) is 1.89. The maximum Gasteiger partial charge on any atom is 0.138 e. The molecule has 0 atom stereocenters. The van der Waals surface area contributed by atoms with Crippen molar-refractivity contribution in [2.45, 2.75) is 0 Å². The van der Waals surface area contributed by atoms with Gasteiger partial charge < -0.3 is 30.4 Å². The first-order valence-corrected chi connectivity index (χ1v) is 10.4. The van der Waals surface area contributed by atoms with Gasteiger partial charge in [0.25, 0.3) is 0 Å². The van der Waals surface area contributed by atoms with E-state index >= 15 is 0 Å². The molecule has 2 heterocycles. The van der Waals surface area contributed by atoms with Gasteiger partial charge in [-0.15, -0.1) is 0 Å². The number of fused-ring (bicyclic) bond motifs is 2. The van der Waals surface area contributed by atoms with Gasteiger partial charge in [-0.25, -0.2) is 9.97 Å². The molecular weight excluding hydrogens is 404 g/mol. The monoisotopic (exact) mass is 428 g/mol. The number of aromatic nitrogens is 4. The highest BCUT2D eigenvalue weighted by molar-refractivity contribution is 5.87. The van der Waals surface area contributed by atoms with Gasteiger partial charge in [-0.05, 0) is 67.7 Å². The second kappa shape index (κ2) is 8.33. The Morgan fingerprint density at radius 3 is 2.16 bits per heavy atom. The predicted molar refractivity (Wildman–Crippen MR) is 127 cm³/mol. The molecule has 5 N–H and O–H groups in total. The fourth-order valence-electron chi connectivity index (χ4n) is 3.77. The number of aliphatic hydroxyl groups excluding tert-OH is 1. The summed E-state index contributed by atoms with van der Waals surface area (Å²) in [5, 5.41) is 22.3. The van der Waals surface area contributed by atoms with Crippen molar-refractivity contribution in [1.82, 2.24) is 25.3 Å². The van der Waals surface area contributed by atoms with Gasteiger partial charge in [0, 0.05) is 29.9 Å². The van der Waals surface area contributed by atoms with Gasteiger partial charge in [-0.3, -0.25) is 0 Å². The van der Waals surface area contributed by atoms with Crippen LogP contribution in [0, 0.1) is 0 Å². The first-order chi connectivity index (χ1) is 15.6. The van der Waals surface area contributed by atoms with Crippen LogP contribution in [-0.4, -0.2) is 57.0 Å². The first kappa shape index (κ1) is 20.0. The third kappa shape index (κ3) is 3.77. The summed E-state index contributed by atoms with van der Waals surface area (Å²) in [6.45, 7) is 1.44. The summed E-state index contributed by atoms with van der Waals surface area (Å²) in [6, 6.07) is 18.9. The van der Waals surface area contributed by atoms with Crippen molar-refractivity contribution in [2.75, 3.05) is 31.8 Å². The van der Waals surface area contributed by atoms with Gasteiger partial charge in [0.05, 0.1) is 22.1 Å². The van der Waals surface area contributed by atoms with Crippen molar-refractivity contribution in [2.24, 2.45) is 0 Å². The number of hydrogen-bond acceptors (Lipinski definition) is 6. The molecule has 5 aromatic rings. The summed E-state index contributed by atoms with van der Waals surface area (Å²) >= 11 is 0. The molecule has 8 heteroatoms. The number of benzene rings is 3. The Bertz CT molecular complexity index is 1370. The van der Waals surface area contributed by atoms with Crippen molar-refractivity contribution < 1.29 is 10.2 Å². The SMILES string of the molecule is CNCCN(CO)c1ccc2nc(-c3ccc4nc(-c5ccc(O)cc5)[nH]c4c3)[nH]c2c1. The Balaban J connectivity index is 1.47. The Hall–Kier alpha value is -3.88. The van der Waals surface area contributed by atoms with Gasteiger partial charge in [0.15, 0.2) is 0 Å². The van der Waals surface area contributed by atoms with E-state index in [0.717, 1.165) is 57.1 Å². The van der Waals surface area contributed by atoms with Gasteiger partial charge in [-0.2, -0.15) is 0 Å². The topological polar surface area (TPSA) is 113 Å². The molecule has 0 fully saturated rings. The molecule has 2 aromatic heterocycles. The van der Waals surface area contributed by atoms with Crippen LogP contribution in [0.15, 0.2) is 60.7 Å². The third-order valence-corrected chi connectivity index (χ3v) is 5.53. The number of aromatic hydroxyl groups is 1. The predicted octanol–water partition coefficient (Wildman–Crippen LogP) is 3.45. The lowest BCUT2D eigenvalue weighted by Crippen LogP contribution is -2.31. The average molecular weight is 428 g/mol. The van der Waals surface area contributed by atoms with Crippen molar-refractivity contribution >= 4 is 27.8 Å². The zero-order chi connectivity index (χ0) is 22.1. The van der Waals surface area contributed by atoms with E-state index in [9.17, 15) is 10.2 Å². The smallest absolute Gasteiger partial charge is 0.138 e. The molecule has 0 aliphatic carbocycles. The number of imidazole rings is 2. The highest BCUT2D eigenvalue weighted by Crippen LogP contribution is 2.28. The summed E-state index contributed by atoms with van der Waals surface area (Å²) in [5.74, 6) is 1.74. The molecule has 3 aromatic carbocycles.